The fraction of sp³-hybridized carbons (Fsp3) is 0.214. The van der Waals surface area contributed by atoms with Crippen molar-refractivity contribution in [2.75, 3.05) is 0 Å². The predicted octanol–water partition coefficient (Wildman–Crippen LogP) is 3.77. The van der Waals surface area contributed by atoms with E-state index in [1.54, 1.807) is 0 Å². The molecule has 104 valence electrons. The molecular formula is C14H13BrClN3O. The van der Waals surface area contributed by atoms with Gasteiger partial charge in [0.25, 0.3) is 5.91 Å². The lowest BCUT2D eigenvalue weighted by Gasteiger charge is -2.17. The normalized spacial score (nSPS) is 11.9. The Morgan fingerprint density at radius 3 is 2.65 bits per heavy atom. The van der Waals surface area contributed by atoms with E-state index in [0.717, 1.165) is 16.5 Å². The number of amides is 1. The van der Waals surface area contributed by atoms with Crippen LogP contribution in [-0.4, -0.2) is 15.9 Å². The van der Waals surface area contributed by atoms with Crippen LogP contribution in [0.15, 0.2) is 41.1 Å². The van der Waals surface area contributed by atoms with E-state index < -0.39 is 0 Å². The first-order valence-corrected chi connectivity index (χ1v) is 7.31. The molecule has 4 nitrogen and oxygen atoms in total. The van der Waals surface area contributed by atoms with Crippen molar-refractivity contribution in [2.24, 2.45) is 0 Å². The molecule has 1 unspecified atom stereocenters. The number of nitrogens with one attached hydrogen (secondary N) is 1. The Labute approximate surface area is 130 Å². The molecule has 0 spiro atoms. The minimum Gasteiger partial charge on any atom is -0.344 e. The smallest absolute Gasteiger partial charge is 0.272 e. The van der Waals surface area contributed by atoms with E-state index in [-0.39, 0.29) is 22.8 Å². The monoisotopic (exact) mass is 353 g/mol. The zero-order valence-corrected chi connectivity index (χ0v) is 13.1. The van der Waals surface area contributed by atoms with Crippen LogP contribution in [-0.2, 0) is 0 Å². The molecule has 1 heterocycles. The Morgan fingerprint density at radius 2 is 2.05 bits per heavy atom. The molecular weight excluding hydrogens is 342 g/mol. The van der Waals surface area contributed by atoms with Crippen LogP contribution in [0.3, 0.4) is 0 Å². The third-order valence-electron chi connectivity index (χ3n) is 2.82. The molecule has 0 fully saturated rings. The quantitative estimate of drug-likeness (QED) is 0.909. The fourth-order valence-electron chi connectivity index (χ4n) is 1.80. The molecule has 0 saturated heterocycles. The largest absolute Gasteiger partial charge is 0.344 e. The van der Waals surface area contributed by atoms with Crippen LogP contribution in [0.4, 0.5) is 0 Å². The minimum absolute atomic E-state index is 0.0728. The summed E-state index contributed by atoms with van der Waals surface area (Å²) in [5.41, 5.74) is 1.26. The van der Waals surface area contributed by atoms with Crippen molar-refractivity contribution in [1.29, 1.82) is 0 Å². The second-order valence-corrected chi connectivity index (χ2v) is 5.52. The Hall–Kier alpha value is -1.46. The van der Waals surface area contributed by atoms with Gasteiger partial charge in [-0.05, 0) is 24.1 Å². The molecule has 0 aliphatic heterocycles. The van der Waals surface area contributed by atoms with Gasteiger partial charge in [0, 0.05) is 4.47 Å². The third-order valence-corrected chi connectivity index (χ3v) is 3.53. The van der Waals surface area contributed by atoms with E-state index in [1.165, 1.54) is 12.4 Å². The molecule has 1 aromatic heterocycles. The maximum atomic E-state index is 12.1. The molecule has 0 aliphatic rings. The Bertz CT molecular complexity index is 604. The molecule has 0 saturated carbocycles. The van der Waals surface area contributed by atoms with Gasteiger partial charge in [-0.25, -0.2) is 4.98 Å². The Balaban J connectivity index is 2.14. The Kier molecular flexibility index (Phi) is 5.09. The van der Waals surface area contributed by atoms with Gasteiger partial charge in [-0.1, -0.05) is 46.6 Å². The minimum atomic E-state index is -0.283. The van der Waals surface area contributed by atoms with Gasteiger partial charge in [0.2, 0.25) is 0 Å². The van der Waals surface area contributed by atoms with E-state index in [9.17, 15) is 4.79 Å². The fourth-order valence-corrected chi connectivity index (χ4v) is 2.21. The molecule has 1 aromatic carbocycles. The summed E-state index contributed by atoms with van der Waals surface area (Å²) >= 11 is 9.13. The first-order valence-electron chi connectivity index (χ1n) is 6.14. The van der Waals surface area contributed by atoms with Crippen molar-refractivity contribution in [2.45, 2.75) is 19.4 Å². The van der Waals surface area contributed by atoms with Crippen molar-refractivity contribution in [3.8, 4) is 0 Å². The van der Waals surface area contributed by atoms with Gasteiger partial charge in [0.15, 0.2) is 0 Å². The number of halogens is 2. The summed E-state index contributed by atoms with van der Waals surface area (Å²) in [6.07, 6.45) is 3.57. The van der Waals surface area contributed by atoms with Crippen LogP contribution in [0.5, 0.6) is 0 Å². The van der Waals surface area contributed by atoms with Gasteiger partial charge in [-0.2, -0.15) is 0 Å². The molecule has 1 amide bonds. The van der Waals surface area contributed by atoms with Gasteiger partial charge in [-0.15, -0.1) is 0 Å². The molecule has 2 rings (SSSR count). The molecule has 20 heavy (non-hydrogen) atoms. The molecule has 1 N–H and O–H groups in total. The maximum Gasteiger partial charge on any atom is 0.272 e. The van der Waals surface area contributed by atoms with E-state index in [0.29, 0.717) is 0 Å². The van der Waals surface area contributed by atoms with Crippen molar-refractivity contribution >= 4 is 33.4 Å². The molecule has 0 radical (unpaired) electrons. The maximum absolute atomic E-state index is 12.1. The van der Waals surface area contributed by atoms with E-state index >= 15 is 0 Å². The highest BCUT2D eigenvalue weighted by atomic mass is 79.9. The number of benzene rings is 1. The Morgan fingerprint density at radius 1 is 1.35 bits per heavy atom. The molecule has 0 bridgehead atoms. The van der Waals surface area contributed by atoms with E-state index in [4.69, 9.17) is 11.6 Å². The summed E-state index contributed by atoms with van der Waals surface area (Å²) in [7, 11) is 0. The second kappa shape index (κ2) is 6.81. The van der Waals surface area contributed by atoms with Gasteiger partial charge in [0.1, 0.15) is 10.8 Å². The first kappa shape index (κ1) is 14.9. The van der Waals surface area contributed by atoms with E-state index in [2.05, 4.69) is 31.2 Å². The summed E-state index contributed by atoms with van der Waals surface area (Å²) in [5, 5.41) is 3.13. The summed E-state index contributed by atoms with van der Waals surface area (Å²) in [4.78, 5) is 19.9. The first-order chi connectivity index (χ1) is 9.60. The standard InChI is InChI=1S/C14H13BrClN3O/c1-2-11(9-3-5-10(15)6-4-9)19-14(20)12-7-17-8-13(16)18-12/h3-8,11H,2H2,1H3,(H,19,20). The zero-order chi connectivity index (χ0) is 14.5. The lowest BCUT2D eigenvalue weighted by Crippen LogP contribution is -2.29. The topological polar surface area (TPSA) is 54.9 Å². The number of nitrogens with zero attached hydrogens (tertiary/aromatic N) is 2. The number of rotatable bonds is 4. The summed E-state index contributed by atoms with van der Waals surface area (Å²) in [5.74, 6) is -0.283. The van der Waals surface area contributed by atoms with Gasteiger partial charge in [0.05, 0.1) is 18.4 Å². The van der Waals surface area contributed by atoms with Crippen LogP contribution in [0, 0.1) is 0 Å². The lowest BCUT2D eigenvalue weighted by atomic mass is 10.0. The number of hydrogen-bond donors (Lipinski definition) is 1. The summed E-state index contributed by atoms with van der Waals surface area (Å²) in [6.45, 7) is 2.01. The van der Waals surface area contributed by atoms with Crippen molar-refractivity contribution in [3.05, 3.63) is 57.5 Å². The molecule has 2 aromatic rings. The summed E-state index contributed by atoms with van der Waals surface area (Å²) in [6, 6.07) is 7.77. The highest BCUT2D eigenvalue weighted by molar-refractivity contribution is 9.10. The van der Waals surface area contributed by atoms with Gasteiger partial charge in [-0.3, -0.25) is 9.78 Å². The number of hydrogen-bond acceptors (Lipinski definition) is 3. The number of carbonyl (C=O) groups is 1. The molecule has 6 heteroatoms. The van der Waals surface area contributed by atoms with Crippen LogP contribution < -0.4 is 5.32 Å². The van der Waals surface area contributed by atoms with Gasteiger partial charge < -0.3 is 5.32 Å². The third kappa shape index (κ3) is 3.77. The summed E-state index contributed by atoms with van der Waals surface area (Å²) < 4.78 is 1.00. The highest BCUT2D eigenvalue weighted by Gasteiger charge is 2.15. The van der Waals surface area contributed by atoms with Gasteiger partial charge >= 0.3 is 0 Å². The van der Waals surface area contributed by atoms with Crippen LogP contribution in [0.1, 0.15) is 35.4 Å². The zero-order valence-electron chi connectivity index (χ0n) is 10.8. The average molecular weight is 355 g/mol. The molecule has 1 atom stereocenters. The lowest BCUT2D eigenvalue weighted by molar-refractivity contribution is 0.0930. The second-order valence-electron chi connectivity index (χ2n) is 4.21. The number of aromatic nitrogens is 2. The van der Waals surface area contributed by atoms with Crippen molar-refractivity contribution < 1.29 is 4.79 Å². The van der Waals surface area contributed by atoms with Crippen molar-refractivity contribution in [3.63, 3.8) is 0 Å². The van der Waals surface area contributed by atoms with Crippen LogP contribution >= 0.6 is 27.5 Å². The molecule has 0 aliphatic carbocycles. The van der Waals surface area contributed by atoms with Crippen LogP contribution in [0.2, 0.25) is 5.15 Å². The van der Waals surface area contributed by atoms with Crippen LogP contribution in [0.25, 0.3) is 0 Å². The number of carbonyl (C=O) groups excluding carboxylic acids is 1. The van der Waals surface area contributed by atoms with E-state index in [1.807, 2.05) is 31.2 Å². The van der Waals surface area contributed by atoms with Crippen molar-refractivity contribution in [1.82, 2.24) is 15.3 Å². The average Bonchev–Trinajstić information content (AvgIpc) is 2.45. The highest BCUT2D eigenvalue weighted by Crippen LogP contribution is 2.19. The predicted molar refractivity (Wildman–Crippen MR) is 81.7 cm³/mol. The SMILES string of the molecule is CCC(NC(=O)c1cncc(Cl)n1)c1ccc(Br)cc1.